The van der Waals surface area contributed by atoms with Crippen LogP contribution in [0.1, 0.15) is 21.5 Å². The first-order chi connectivity index (χ1) is 13.6. The fraction of sp³-hybridized carbons (Fsp3) is 0.182. The molecule has 0 saturated carbocycles. The van der Waals surface area contributed by atoms with Gasteiger partial charge in [-0.05, 0) is 40.6 Å². The van der Waals surface area contributed by atoms with Gasteiger partial charge in [-0.3, -0.25) is 4.79 Å². The van der Waals surface area contributed by atoms with Gasteiger partial charge in [0.15, 0.2) is 6.61 Å². The number of rotatable bonds is 8. The molecule has 0 unspecified atom stereocenters. The Morgan fingerprint density at radius 3 is 2.50 bits per heavy atom. The molecule has 0 spiro atoms. The van der Waals surface area contributed by atoms with Crippen molar-refractivity contribution in [2.45, 2.75) is 13.2 Å². The Morgan fingerprint density at radius 1 is 1.00 bits per heavy atom. The molecule has 2 aromatic carbocycles. The Balaban J connectivity index is 1.56. The zero-order valence-electron chi connectivity index (χ0n) is 15.5. The SMILES string of the molecule is CN(Cc1ccsc1)C(=O)COC(=O)c1ccccc1COc1ccccc1. The summed E-state index contributed by atoms with van der Waals surface area (Å²) in [5.41, 5.74) is 2.15. The lowest BCUT2D eigenvalue weighted by molar-refractivity contribution is -0.133. The van der Waals surface area contributed by atoms with Crippen molar-refractivity contribution in [3.8, 4) is 5.75 Å². The van der Waals surface area contributed by atoms with E-state index in [0.29, 0.717) is 17.7 Å². The second-order valence-corrected chi connectivity index (χ2v) is 7.00. The van der Waals surface area contributed by atoms with E-state index < -0.39 is 5.97 Å². The minimum Gasteiger partial charge on any atom is -0.489 e. The average Bonchev–Trinajstić information content (AvgIpc) is 3.24. The number of benzene rings is 2. The molecule has 6 heteroatoms. The monoisotopic (exact) mass is 395 g/mol. The highest BCUT2D eigenvalue weighted by Gasteiger charge is 2.16. The number of esters is 1. The van der Waals surface area contributed by atoms with E-state index in [1.807, 2.05) is 59.3 Å². The van der Waals surface area contributed by atoms with Gasteiger partial charge in [0, 0.05) is 19.2 Å². The zero-order valence-corrected chi connectivity index (χ0v) is 16.4. The molecule has 0 aliphatic rings. The molecule has 0 atom stereocenters. The van der Waals surface area contributed by atoms with Gasteiger partial charge in [-0.15, -0.1) is 0 Å². The molecule has 0 saturated heterocycles. The van der Waals surface area contributed by atoms with Crippen molar-refractivity contribution >= 4 is 23.2 Å². The number of amides is 1. The number of nitrogens with zero attached hydrogens (tertiary/aromatic N) is 1. The second-order valence-electron chi connectivity index (χ2n) is 6.22. The first kappa shape index (κ1) is 19.6. The highest BCUT2D eigenvalue weighted by molar-refractivity contribution is 7.07. The summed E-state index contributed by atoms with van der Waals surface area (Å²) in [5.74, 6) is -0.0713. The normalized spacial score (nSPS) is 10.3. The van der Waals surface area contributed by atoms with Gasteiger partial charge in [0.05, 0.1) is 5.56 Å². The van der Waals surface area contributed by atoms with Gasteiger partial charge in [-0.1, -0.05) is 36.4 Å². The van der Waals surface area contributed by atoms with Crippen molar-refractivity contribution < 1.29 is 19.1 Å². The van der Waals surface area contributed by atoms with Gasteiger partial charge in [-0.2, -0.15) is 11.3 Å². The van der Waals surface area contributed by atoms with Gasteiger partial charge < -0.3 is 14.4 Å². The van der Waals surface area contributed by atoms with E-state index in [4.69, 9.17) is 9.47 Å². The molecular weight excluding hydrogens is 374 g/mol. The van der Waals surface area contributed by atoms with Crippen LogP contribution in [0.15, 0.2) is 71.4 Å². The quantitative estimate of drug-likeness (QED) is 0.538. The van der Waals surface area contributed by atoms with E-state index in [-0.39, 0.29) is 19.1 Å². The van der Waals surface area contributed by atoms with Gasteiger partial charge >= 0.3 is 5.97 Å². The number of thiophene rings is 1. The number of likely N-dealkylation sites (N-methyl/N-ethyl adjacent to an activating group) is 1. The topological polar surface area (TPSA) is 55.8 Å². The van der Waals surface area contributed by atoms with Crippen LogP contribution in [-0.4, -0.2) is 30.4 Å². The summed E-state index contributed by atoms with van der Waals surface area (Å²) in [7, 11) is 1.69. The summed E-state index contributed by atoms with van der Waals surface area (Å²) >= 11 is 1.58. The first-order valence-corrected chi connectivity index (χ1v) is 9.75. The van der Waals surface area contributed by atoms with E-state index in [1.54, 1.807) is 35.4 Å². The lowest BCUT2D eigenvalue weighted by Crippen LogP contribution is -2.30. The van der Waals surface area contributed by atoms with Crippen LogP contribution in [0.25, 0.3) is 0 Å². The lowest BCUT2D eigenvalue weighted by atomic mass is 10.1. The molecule has 0 bridgehead atoms. The number of carbonyl (C=O) groups is 2. The van der Waals surface area contributed by atoms with Crippen molar-refractivity contribution in [3.05, 3.63) is 88.1 Å². The molecule has 28 heavy (non-hydrogen) atoms. The molecule has 144 valence electrons. The van der Waals surface area contributed by atoms with E-state index in [1.165, 1.54) is 0 Å². The Bertz CT molecular complexity index is 909. The van der Waals surface area contributed by atoms with Crippen LogP contribution in [0.5, 0.6) is 5.75 Å². The number of hydrogen-bond donors (Lipinski definition) is 0. The maximum absolute atomic E-state index is 12.5. The largest absolute Gasteiger partial charge is 0.489 e. The fourth-order valence-corrected chi connectivity index (χ4v) is 3.24. The molecule has 3 aromatic rings. The Labute approximate surface area is 168 Å². The van der Waals surface area contributed by atoms with Crippen LogP contribution in [0.4, 0.5) is 0 Å². The minimum absolute atomic E-state index is 0.237. The highest BCUT2D eigenvalue weighted by Crippen LogP contribution is 2.16. The van der Waals surface area contributed by atoms with Crippen molar-refractivity contribution in [3.63, 3.8) is 0 Å². The number of hydrogen-bond acceptors (Lipinski definition) is 5. The Hall–Kier alpha value is -3.12. The first-order valence-electron chi connectivity index (χ1n) is 8.81. The third kappa shape index (κ3) is 5.44. The highest BCUT2D eigenvalue weighted by atomic mass is 32.1. The van der Waals surface area contributed by atoms with E-state index in [0.717, 1.165) is 11.3 Å². The summed E-state index contributed by atoms with van der Waals surface area (Å²) in [6, 6.07) is 18.4. The third-order valence-electron chi connectivity index (χ3n) is 4.13. The molecule has 0 aliphatic carbocycles. The van der Waals surface area contributed by atoms with Gasteiger partial charge in [0.2, 0.25) is 0 Å². The van der Waals surface area contributed by atoms with Crippen molar-refractivity contribution in [1.82, 2.24) is 4.90 Å². The zero-order chi connectivity index (χ0) is 19.8. The summed E-state index contributed by atoms with van der Waals surface area (Å²) in [5, 5.41) is 3.95. The third-order valence-corrected chi connectivity index (χ3v) is 4.86. The molecule has 1 amide bonds. The molecule has 5 nitrogen and oxygen atoms in total. The summed E-state index contributed by atoms with van der Waals surface area (Å²) in [6.07, 6.45) is 0. The second kappa shape index (κ2) is 9.71. The molecule has 0 N–H and O–H groups in total. The fourth-order valence-electron chi connectivity index (χ4n) is 2.58. The Kier molecular flexibility index (Phi) is 6.81. The maximum Gasteiger partial charge on any atom is 0.339 e. The van der Waals surface area contributed by atoms with Gasteiger partial charge in [0.25, 0.3) is 5.91 Å². The van der Waals surface area contributed by atoms with Crippen LogP contribution in [0, 0.1) is 0 Å². The summed E-state index contributed by atoms with van der Waals surface area (Å²) < 4.78 is 11.0. The van der Waals surface area contributed by atoms with Crippen LogP contribution in [0.2, 0.25) is 0 Å². The number of carbonyl (C=O) groups excluding carboxylic acids is 2. The number of ether oxygens (including phenoxy) is 2. The molecule has 3 rings (SSSR count). The number of para-hydroxylation sites is 1. The summed E-state index contributed by atoms with van der Waals surface area (Å²) in [4.78, 5) is 26.2. The standard InChI is InChI=1S/C22H21NO4S/c1-23(13-17-11-12-28-16-17)21(24)15-27-22(25)20-10-6-5-7-18(20)14-26-19-8-3-2-4-9-19/h2-12,16H,13-15H2,1H3. The Morgan fingerprint density at radius 2 is 1.75 bits per heavy atom. The van der Waals surface area contributed by atoms with Crippen molar-refractivity contribution in [1.29, 1.82) is 0 Å². The molecule has 0 aliphatic heterocycles. The van der Waals surface area contributed by atoms with Crippen LogP contribution in [0.3, 0.4) is 0 Å². The smallest absolute Gasteiger partial charge is 0.339 e. The molecule has 1 heterocycles. The van der Waals surface area contributed by atoms with E-state index >= 15 is 0 Å². The molecule has 1 aromatic heterocycles. The molecule has 0 fully saturated rings. The van der Waals surface area contributed by atoms with Crippen molar-refractivity contribution in [2.24, 2.45) is 0 Å². The lowest BCUT2D eigenvalue weighted by Gasteiger charge is -2.17. The average molecular weight is 395 g/mol. The molecule has 0 radical (unpaired) electrons. The summed E-state index contributed by atoms with van der Waals surface area (Å²) in [6.45, 7) is 0.427. The predicted molar refractivity (Wildman–Crippen MR) is 108 cm³/mol. The van der Waals surface area contributed by atoms with Crippen LogP contribution >= 0.6 is 11.3 Å². The van der Waals surface area contributed by atoms with Crippen molar-refractivity contribution in [2.75, 3.05) is 13.7 Å². The predicted octanol–water partition coefficient (Wildman–Crippen LogP) is 4.14. The maximum atomic E-state index is 12.5. The van der Waals surface area contributed by atoms with Gasteiger partial charge in [0.1, 0.15) is 12.4 Å². The molecular formula is C22H21NO4S. The van der Waals surface area contributed by atoms with E-state index in [2.05, 4.69) is 0 Å². The van der Waals surface area contributed by atoms with E-state index in [9.17, 15) is 9.59 Å². The minimum atomic E-state index is -0.537. The van der Waals surface area contributed by atoms with Crippen LogP contribution < -0.4 is 4.74 Å². The van der Waals surface area contributed by atoms with Crippen LogP contribution in [-0.2, 0) is 22.7 Å². The van der Waals surface area contributed by atoms with Gasteiger partial charge in [-0.25, -0.2) is 4.79 Å².